The third kappa shape index (κ3) is 4.91. The van der Waals surface area contributed by atoms with Crippen molar-refractivity contribution in [2.24, 2.45) is 5.92 Å². The summed E-state index contributed by atoms with van der Waals surface area (Å²) in [5.41, 5.74) is 1.88. The van der Waals surface area contributed by atoms with Gasteiger partial charge in [-0.05, 0) is 63.4 Å². The Labute approximate surface area is 181 Å². The Hall–Kier alpha value is -2.23. The molecule has 1 unspecified atom stereocenters. The van der Waals surface area contributed by atoms with E-state index in [-0.39, 0.29) is 18.4 Å². The van der Waals surface area contributed by atoms with E-state index in [1.807, 2.05) is 20.8 Å². The number of benzene rings is 1. The molecule has 1 aliphatic heterocycles. The van der Waals surface area contributed by atoms with E-state index in [9.17, 15) is 18.0 Å². The van der Waals surface area contributed by atoms with Crippen LogP contribution in [-0.2, 0) is 14.8 Å². The van der Waals surface area contributed by atoms with Crippen LogP contribution in [0, 0.1) is 19.8 Å². The van der Waals surface area contributed by atoms with Crippen LogP contribution in [0.25, 0.3) is 0 Å². The van der Waals surface area contributed by atoms with Crippen LogP contribution in [0.4, 0.5) is 5.69 Å². The average Bonchev–Trinajstić information content (AvgIpc) is 3.17. The van der Waals surface area contributed by atoms with Crippen LogP contribution < -0.4 is 10.6 Å². The summed E-state index contributed by atoms with van der Waals surface area (Å²) in [6.07, 6.45) is 1.25. The smallest absolute Gasteiger partial charge is 0.252 e. The van der Waals surface area contributed by atoms with Crippen molar-refractivity contribution in [3.05, 3.63) is 46.3 Å². The number of aryl methyl sites for hydroxylation is 2. The number of hydrogen-bond acceptors (Lipinski definition) is 5. The summed E-state index contributed by atoms with van der Waals surface area (Å²) in [6.45, 7) is 6.65. The number of rotatable bonds is 6. The van der Waals surface area contributed by atoms with E-state index in [4.69, 9.17) is 0 Å². The van der Waals surface area contributed by atoms with Gasteiger partial charge in [-0.2, -0.15) is 4.31 Å². The van der Waals surface area contributed by atoms with Gasteiger partial charge in [0, 0.05) is 35.8 Å². The van der Waals surface area contributed by atoms with Crippen molar-refractivity contribution >= 4 is 38.9 Å². The molecule has 2 amide bonds. The molecule has 7 nitrogen and oxygen atoms in total. The Kier molecular flexibility index (Phi) is 6.95. The van der Waals surface area contributed by atoms with Crippen LogP contribution in [-0.4, -0.2) is 44.2 Å². The molecule has 1 saturated heterocycles. The highest BCUT2D eigenvalue weighted by atomic mass is 32.2. The topological polar surface area (TPSA) is 95.6 Å². The van der Waals surface area contributed by atoms with Crippen LogP contribution in [0.15, 0.2) is 34.5 Å². The largest absolute Gasteiger partial charge is 0.352 e. The van der Waals surface area contributed by atoms with Crippen molar-refractivity contribution in [2.45, 2.75) is 37.8 Å². The zero-order valence-corrected chi connectivity index (χ0v) is 19.0. The first-order valence-electron chi connectivity index (χ1n) is 9.98. The highest BCUT2D eigenvalue weighted by molar-refractivity contribution is 7.91. The van der Waals surface area contributed by atoms with Gasteiger partial charge in [0.1, 0.15) is 4.21 Å². The van der Waals surface area contributed by atoms with E-state index in [1.165, 1.54) is 15.6 Å². The van der Waals surface area contributed by atoms with Gasteiger partial charge in [-0.25, -0.2) is 8.42 Å². The minimum Gasteiger partial charge on any atom is -0.352 e. The number of nitrogens with zero attached hydrogens (tertiary/aromatic N) is 1. The first-order chi connectivity index (χ1) is 14.2. The zero-order chi connectivity index (χ0) is 21.9. The van der Waals surface area contributed by atoms with Gasteiger partial charge < -0.3 is 10.6 Å². The first kappa shape index (κ1) is 22.5. The minimum atomic E-state index is -3.59. The Morgan fingerprint density at radius 1 is 1.20 bits per heavy atom. The molecule has 9 heteroatoms. The number of anilines is 1. The Morgan fingerprint density at radius 3 is 2.63 bits per heavy atom. The molecule has 3 rings (SSSR count). The summed E-state index contributed by atoms with van der Waals surface area (Å²) in [6, 6.07) is 8.57. The molecule has 2 aromatic rings. The van der Waals surface area contributed by atoms with Crippen molar-refractivity contribution in [3.8, 4) is 0 Å². The molecule has 2 N–H and O–H groups in total. The van der Waals surface area contributed by atoms with Crippen molar-refractivity contribution in [2.75, 3.05) is 25.0 Å². The maximum atomic E-state index is 12.9. The van der Waals surface area contributed by atoms with Crippen molar-refractivity contribution < 1.29 is 18.0 Å². The molecule has 0 spiro atoms. The Balaban J connectivity index is 1.73. The van der Waals surface area contributed by atoms with Crippen LogP contribution in [0.3, 0.4) is 0 Å². The number of piperidine rings is 1. The number of nitrogens with one attached hydrogen (secondary N) is 2. The summed E-state index contributed by atoms with van der Waals surface area (Å²) < 4.78 is 27.6. The maximum absolute atomic E-state index is 12.9. The molecule has 162 valence electrons. The standard InChI is InChI=1S/C21H27N3O4S2/c1-4-22-20(25)16-9-7-14(2)18(12-16)23-21(26)17-6-5-11-24(13-17)30(27,28)19-10-8-15(3)29-19/h7-10,12,17H,4-6,11,13H2,1-3H3,(H,22,25)(H,23,26). The first-order valence-corrected chi connectivity index (χ1v) is 12.2. The molecule has 1 aliphatic rings. The lowest BCUT2D eigenvalue weighted by Gasteiger charge is -2.31. The fraction of sp³-hybridized carbons (Fsp3) is 0.429. The Morgan fingerprint density at radius 2 is 1.97 bits per heavy atom. The highest BCUT2D eigenvalue weighted by Crippen LogP contribution is 2.29. The van der Waals surface area contributed by atoms with E-state index in [0.29, 0.717) is 41.4 Å². The second-order valence-electron chi connectivity index (χ2n) is 7.45. The lowest BCUT2D eigenvalue weighted by atomic mass is 9.98. The predicted octanol–water partition coefficient (Wildman–Crippen LogP) is 3.15. The lowest BCUT2D eigenvalue weighted by molar-refractivity contribution is -0.120. The fourth-order valence-electron chi connectivity index (χ4n) is 3.45. The van der Waals surface area contributed by atoms with Crippen molar-refractivity contribution in [3.63, 3.8) is 0 Å². The molecular formula is C21H27N3O4S2. The third-order valence-corrected chi connectivity index (χ3v) is 8.49. The van der Waals surface area contributed by atoms with Crippen molar-refractivity contribution in [1.29, 1.82) is 0 Å². The van der Waals surface area contributed by atoms with Gasteiger partial charge in [0.05, 0.1) is 5.92 Å². The second kappa shape index (κ2) is 9.28. The molecule has 1 aromatic carbocycles. The van der Waals surface area contributed by atoms with Crippen LogP contribution in [0.2, 0.25) is 0 Å². The van der Waals surface area contributed by atoms with E-state index >= 15 is 0 Å². The second-order valence-corrected chi connectivity index (χ2v) is 10.9. The molecule has 0 bridgehead atoms. The summed E-state index contributed by atoms with van der Waals surface area (Å²) >= 11 is 1.24. The van der Waals surface area contributed by atoms with E-state index in [0.717, 1.165) is 10.4 Å². The molecule has 30 heavy (non-hydrogen) atoms. The summed E-state index contributed by atoms with van der Waals surface area (Å²) in [5.74, 6) is -0.871. The summed E-state index contributed by atoms with van der Waals surface area (Å²) in [7, 11) is -3.59. The molecule has 1 aromatic heterocycles. The number of sulfonamides is 1. The van der Waals surface area contributed by atoms with Gasteiger partial charge >= 0.3 is 0 Å². The quantitative estimate of drug-likeness (QED) is 0.708. The monoisotopic (exact) mass is 449 g/mol. The van der Waals surface area contributed by atoms with Gasteiger partial charge in [-0.1, -0.05) is 6.07 Å². The normalized spacial score (nSPS) is 17.5. The average molecular weight is 450 g/mol. The lowest BCUT2D eigenvalue weighted by Crippen LogP contribution is -2.43. The Bertz CT molecular complexity index is 1050. The number of carbonyl (C=O) groups is 2. The number of amides is 2. The number of carbonyl (C=O) groups excluding carboxylic acids is 2. The molecule has 0 saturated carbocycles. The highest BCUT2D eigenvalue weighted by Gasteiger charge is 2.34. The SMILES string of the molecule is CCNC(=O)c1ccc(C)c(NC(=O)C2CCCN(S(=O)(=O)c3ccc(C)s3)C2)c1. The zero-order valence-electron chi connectivity index (χ0n) is 17.4. The molecule has 2 heterocycles. The maximum Gasteiger partial charge on any atom is 0.252 e. The number of hydrogen-bond donors (Lipinski definition) is 2. The molecule has 1 fully saturated rings. The van der Waals surface area contributed by atoms with Gasteiger partial charge in [-0.15, -0.1) is 11.3 Å². The van der Waals surface area contributed by atoms with Crippen molar-refractivity contribution in [1.82, 2.24) is 9.62 Å². The summed E-state index contributed by atoms with van der Waals surface area (Å²) in [5, 5.41) is 5.64. The van der Waals surface area contributed by atoms with Crippen LogP contribution in [0.1, 0.15) is 40.6 Å². The summed E-state index contributed by atoms with van der Waals surface area (Å²) in [4.78, 5) is 25.9. The predicted molar refractivity (Wildman–Crippen MR) is 118 cm³/mol. The third-order valence-electron chi connectivity index (χ3n) is 5.16. The van der Waals surface area contributed by atoms with Gasteiger partial charge in [0.25, 0.3) is 15.9 Å². The number of thiophene rings is 1. The van der Waals surface area contributed by atoms with E-state index in [2.05, 4.69) is 10.6 Å². The molecule has 0 radical (unpaired) electrons. The molecule has 0 aliphatic carbocycles. The van der Waals surface area contributed by atoms with Crippen LogP contribution in [0.5, 0.6) is 0 Å². The van der Waals surface area contributed by atoms with Gasteiger partial charge in [-0.3, -0.25) is 9.59 Å². The van der Waals surface area contributed by atoms with E-state index < -0.39 is 15.9 Å². The molecule has 1 atom stereocenters. The molecular weight excluding hydrogens is 422 g/mol. The van der Waals surface area contributed by atoms with Gasteiger partial charge in [0.15, 0.2) is 0 Å². The van der Waals surface area contributed by atoms with Gasteiger partial charge in [0.2, 0.25) is 5.91 Å². The van der Waals surface area contributed by atoms with E-state index in [1.54, 1.807) is 30.3 Å². The minimum absolute atomic E-state index is 0.153. The fourth-order valence-corrected chi connectivity index (χ4v) is 6.41. The van der Waals surface area contributed by atoms with Crippen LogP contribution >= 0.6 is 11.3 Å².